The fourth-order valence-electron chi connectivity index (χ4n) is 4.06. The standard InChI is InChI=1S/C21H30N2O4S/c1-16(27-15-17-6-7-17)21(24)22-10-12-23(13-11-22)28(25,26)20-9-8-18-4-2-3-5-19(18)14-20/h8-9,14,16-17H,2-7,10-13,15H2,1H3. The van der Waals surface area contributed by atoms with Crippen LogP contribution in [0.5, 0.6) is 0 Å². The lowest BCUT2D eigenvalue weighted by Crippen LogP contribution is -2.52. The van der Waals surface area contributed by atoms with Crippen LogP contribution in [0.1, 0.15) is 43.7 Å². The van der Waals surface area contributed by atoms with Gasteiger partial charge in [-0.15, -0.1) is 0 Å². The van der Waals surface area contributed by atoms with Crippen LogP contribution in [0.3, 0.4) is 0 Å². The van der Waals surface area contributed by atoms with E-state index in [9.17, 15) is 13.2 Å². The van der Waals surface area contributed by atoms with Gasteiger partial charge < -0.3 is 9.64 Å². The van der Waals surface area contributed by atoms with Crippen molar-refractivity contribution in [2.75, 3.05) is 32.8 Å². The molecule has 0 radical (unpaired) electrons. The molecule has 3 aliphatic rings. The van der Waals surface area contributed by atoms with Crippen molar-refractivity contribution in [2.24, 2.45) is 5.92 Å². The Morgan fingerprint density at radius 3 is 2.46 bits per heavy atom. The van der Waals surface area contributed by atoms with E-state index in [2.05, 4.69) is 0 Å². The van der Waals surface area contributed by atoms with E-state index < -0.39 is 16.1 Å². The first-order chi connectivity index (χ1) is 13.4. The van der Waals surface area contributed by atoms with E-state index in [0.717, 1.165) is 19.3 Å². The van der Waals surface area contributed by atoms with E-state index in [1.807, 2.05) is 12.1 Å². The second-order valence-corrected chi connectivity index (χ2v) is 10.2. The van der Waals surface area contributed by atoms with Crippen molar-refractivity contribution in [1.82, 2.24) is 9.21 Å². The second kappa shape index (κ2) is 8.13. The SMILES string of the molecule is CC(OCC1CC1)C(=O)N1CCN(S(=O)(=O)c2ccc3c(c2)CCCC3)CC1. The van der Waals surface area contributed by atoms with Crippen molar-refractivity contribution < 1.29 is 17.9 Å². The minimum absolute atomic E-state index is 0.0357. The number of fused-ring (bicyclic) bond motifs is 1. The van der Waals surface area contributed by atoms with Gasteiger partial charge in [-0.1, -0.05) is 6.07 Å². The van der Waals surface area contributed by atoms with Crippen LogP contribution in [0, 0.1) is 5.92 Å². The van der Waals surface area contributed by atoms with Crippen LogP contribution >= 0.6 is 0 Å². The summed E-state index contributed by atoms with van der Waals surface area (Å²) in [6.07, 6.45) is 6.23. The fraction of sp³-hybridized carbons (Fsp3) is 0.667. The summed E-state index contributed by atoms with van der Waals surface area (Å²) in [4.78, 5) is 14.7. The first-order valence-electron chi connectivity index (χ1n) is 10.5. The molecule has 7 heteroatoms. The highest BCUT2D eigenvalue weighted by Crippen LogP contribution is 2.29. The topological polar surface area (TPSA) is 66.9 Å². The highest BCUT2D eigenvalue weighted by Gasteiger charge is 2.32. The highest BCUT2D eigenvalue weighted by atomic mass is 32.2. The Hall–Kier alpha value is -1.44. The molecule has 1 saturated carbocycles. The summed E-state index contributed by atoms with van der Waals surface area (Å²) in [7, 11) is -3.51. The van der Waals surface area contributed by atoms with Gasteiger partial charge in [0.1, 0.15) is 6.10 Å². The average Bonchev–Trinajstić information content (AvgIpc) is 3.55. The molecule has 1 amide bonds. The van der Waals surface area contributed by atoms with Crippen LogP contribution in [0.2, 0.25) is 0 Å². The number of amides is 1. The Morgan fingerprint density at radius 2 is 1.79 bits per heavy atom. The number of carbonyl (C=O) groups excluding carboxylic acids is 1. The molecule has 1 aromatic rings. The molecular formula is C21H30N2O4S. The smallest absolute Gasteiger partial charge is 0.251 e. The van der Waals surface area contributed by atoms with Gasteiger partial charge in [0.05, 0.1) is 11.5 Å². The molecule has 0 bridgehead atoms. The van der Waals surface area contributed by atoms with Gasteiger partial charge in [-0.2, -0.15) is 4.31 Å². The van der Waals surface area contributed by atoms with Crippen LogP contribution in [-0.4, -0.2) is 62.4 Å². The molecule has 28 heavy (non-hydrogen) atoms. The Labute approximate surface area is 167 Å². The fourth-order valence-corrected chi connectivity index (χ4v) is 5.53. The molecule has 2 aliphatic carbocycles. The summed E-state index contributed by atoms with van der Waals surface area (Å²) in [5.41, 5.74) is 2.45. The summed E-state index contributed by atoms with van der Waals surface area (Å²) in [5, 5.41) is 0. The quantitative estimate of drug-likeness (QED) is 0.727. The zero-order valence-corrected chi connectivity index (χ0v) is 17.4. The van der Waals surface area contributed by atoms with Gasteiger partial charge in [0.15, 0.2) is 0 Å². The number of carbonyl (C=O) groups is 1. The van der Waals surface area contributed by atoms with Crippen LogP contribution in [0.4, 0.5) is 0 Å². The minimum Gasteiger partial charge on any atom is -0.368 e. The lowest BCUT2D eigenvalue weighted by molar-refractivity contribution is -0.144. The van der Waals surface area contributed by atoms with E-state index in [0.29, 0.717) is 43.6 Å². The molecular weight excluding hydrogens is 376 g/mol. The number of piperazine rings is 1. The predicted octanol–water partition coefficient (Wildman–Crippen LogP) is 2.21. The Balaban J connectivity index is 1.36. The zero-order chi connectivity index (χ0) is 19.7. The largest absolute Gasteiger partial charge is 0.368 e. The molecule has 1 heterocycles. The molecule has 0 aromatic heterocycles. The summed E-state index contributed by atoms with van der Waals surface area (Å²) < 4.78 is 33.3. The Morgan fingerprint density at radius 1 is 1.11 bits per heavy atom. The van der Waals surface area contributed by atoms with E-state index in [1.54, 1.807) is 17.9 Å². The summed E-state index contributed by atoms with van der Waals surface area (Å²) in [6.45, 7) is 3.95. The van der Waals surface area contributed by atoms with Gasteiger partial charge in [-0.05, 0) is 74.6 Å². The molecule has 0 spiro atoms. The maximum absolute atomic E-state index is 13.1. The first kappa shape index (κ1) is 19.9. The normalized spacial score (nSPS) is 22.0. The van der Waals surface area contributed by atoms with Gasteiger partial charge in [-0.25, -0.2) is 8.42 Å². The maximum atomic E-state index is 13.1. The summed E-state index contributed by atoms with van der Waals surface area (Å²) in [6, 6.07) is 5.57. The number of hydrogen-bond acceptors (Lipinski definition) is 4. The van der Waals surface area contributed by atoms with E-state index in [1.165, 1.54) is 34.7 Å². The van der Waals surface area contributed by atoms with Crippen molar-refractivity contribution >= 4 is 15.9 Å². The van der Waals surface area contributed by atoms with Crippen LogP contribution < -0.4 is 0 Å². The molecule has 4 rings (SSSR count). The van der Waals surface area contributed by atoms with Crippen molar-refractivity contribution in [1.29, 1.82) is 0 Å². The number of benzene rings is 1. The van der Waals surface area contributed by atoms with Crippen LogP contribution in [-0.2, 0) is 32.4 Å². The zero-order valence-electron chi connectivity index (χ0n) is 16.6. The lowest BCUT2D eigenvalue weighted by atomic mass is 9.92. The summed E-state index contributed by atoms with van der Waals surface area (Å²) in [5.74, 6) is 0.584. The van der Waals surface area contributed by atoms with Gasteiger partial charge in [-0.3, -0.25) is 4.79 Å². The molecule has 1 atom stereocenters. The van der Waals surface area contributed by atoms with Gasteiger partial charge in [0, 0.05) is 26.2 Å². The number of rotatable bonds is 6. The molecule has 1 saturated heterocycles. The first-order valence-corrected chi connectivity index (χ1v) is 11.9. The van der Waals surface area contributed by atoms with Crippen molar-refractivity contribution in [2.45, 2.75) is 56.4 Å². The van der Waals surface area contributed by atoms with Gasteiger partial charge in [0.25, 0.3) is 5.91 Å². The molecule has 0 N–H and O–H groups in total. The third kappa shape index (κ3) is 4.26. The Kier molecular flexibility index (Phi) is 5.76. The molecule has 1 aliphatic heterocycles. The highest BCUT2D eigenvalue weighted by molar-refractivity contribution is 7.89. The van der Waals surface area contributed by atoms with Crippen LogP contribution in [0.25, 0.3) is 0 Å². The van der Waals surface area contributed by atoms with E-state index in [-0.39, 0.29) is 5.91 Å². The van der Waals surface area contributed by atoms with E-state index >= 15 is 0 Å². The van der Waals surface area contributed by atoms with Crippen molar-refractivity contribution in [3.8, 4) is 0 Å². The van der Waals surface area contributed by atoms with Crippen LogP contribution in [0.15, 0.2) is 23.1 Å². The monoisotopic (exact) mass is 406 g/mol. The lowest BCUT2D eigenvalue weighted by Gasteiger charge is -2.35. The van der Waals surface area contributed by atoms with Gasteiger partial charge in [0.2, 0.25) is 10.0 Å². The third-order valence-electron chi connectivity index (χ3n) is 6.13. The van der Waals surface area contributed by atoms with Crippen molar-refractivity contribution in [3.05, 3.63) is 29.3 Å². The number of ether oxygens (including phenoxy) is 1. The van der Waals surface area contributed by atoms with Gasteiger partial charge >= 0.3 is 0 Å². The number of sulfonamides is 1. The number of aryl methyl sites for hydroxylation is 2. The third-order valence-corrected chi connectivity index (χ3v) is 8.03. The molecule has 6 nitrogen and oxygen atoms in total. The molecule has 154 valence electrons. The Bertz CT molecular complexity index is 827. The predicted molar refractivity (Wildman–Crippen MR) is 107 cm³/mol. The number of nitrogens with zero attached hydrogens (tertiary/aromatic N) is 2. The maximum Gasteiger partial charge on any atom is 0.251 e. The molecule has 2 fully saturated rings. The molecule has 1 aromatic carbocycles. The van der Waals surface area contributed by atoms with E-state index in [4.69, 9.17) is 4.74 Å². The minimum atomic E-state index is -3.51. The number of hydrogen-bond donors (Lipinski definition) is 0. The summed E-state index contributed by atoms with van der Waals surface area (Å²) >= 11 is 0. The molecule has 1 unspecified atom stereocenters. The average molecular weight is 407 g/mol. The van der Waals surface area contributed by atoms with Crippen molar-refractivity contribution in [3.63, 3.8) is 0 Å². The second-order valence-electron chi connectivity index (χ2n) is 8.29.